The molecule has 17 heavy (non-hydrogen) atoms. The average Bonchev–Trinajstić information content (AvgIpc) is 2.40. The zero-order valence-electron chi connectivity index (χ0n) is 9.52. The number of hydrogen-bond donors (Lipinski definition) is 2. The van der Waals surface area contributed by atoms with E-state index in [0.29, 0.717) is 26.4 Å². The summed E-state index contributed by atoms with van der Waals surface area (Å²) in [5.41, 5.74) is 7.26. The largest absolute Gasteiger partial charge is 0.376 e. The maximum absolute atomic E-state index is 11.8. The van der Waals surface area contributed by atoms with Crippen LogP contribution in [0.3, 0.4) is 0 Å². The molecule has 0 radical (unpaired) electrons. The number of ether oxygens (including phenoxy) is 2. The van der Waals surface area contributed by atoms with E-state index >= 15 is 0 Å². The van der Waals surface area contributed by atoms with Crippen molar-refractivity contribution >= 4 is 11.6 Å². The number of carbonyl (C=O) groups excluding carboxylic acids is 1. The second kappa shape index (κ2) is 5.77. The van der Waals surface area contributed by atoms with E-state index < -0.39 is 6.10 Å². The van der Waals surface area contributed by atoms with Gasteiger partial charge in [-0.2, -0.15) is 0 Å². The summed E-state index contributed by atoms with van der Waals surface area (Å²) >= 11 is 0. The molecule has 1 fully saturated rings. The van der Waals surface area contributed by atoms with E-state index in [-0.39, 0.29) is 5.91 Å². The Morgan fingerprint density at radius 3 is 2.71 bits per heavy atom. The lowest BCUT2D eigenvalue weighted by Gasteiger charge is -2.22. The molecule has 1 amide bonds. The number of carbonyl (C=O) groups is 1. The summed E-state index contributed by atoms with van der Waals surface area (Å²) in [5.74, 6) is -0.176. The fourth-order valence-corrected chi connectivity index (χ4v) is 1.59. The first-order valence-corrected chi connectivity index (χ1v) is 5.59. The van der Waals surface area contributed by atoms with Gasteiger partial charge in [-0.25, -0.2) is 0 Å². The van der Waals surface area contributed by atoms with E-state index in [9.17, 15) is 4.79 Å². The molecule has 0 spiro atoms. The molecule has 1 heterocycles. The lowest BCUT2D eigenvalue weighted by Crippen LogP contribution is -2.39. The van der Waals surface area contributed by atoms with Gasteiger partial charge in [-0.3, -0.25) is 4.79 Å². The molecule has 0 bridgehead atoms. The van der Waals surface area contributed by atoms with E-state index in [1.54, 1.807) is 0 Å². The first-order chi connectivity index (χ1) is 8.29. The summed E-state index contributed by atoms with van der Waals surface area (Å²) in [6.45, 7) is 1.82. The van der Waals surface area contributed by atoms with E-state index in [0.717, 1.165) is 11.3 Å². The van der Waals surface area contributed by atoms with Crippen LogP contribution < -0.4 is 11.1 Å². The van der Waals surface area contributed by atoms with Crippen molar-refractivity contribution in [3.8, 4) is 0 Å². The molecule has 92 valence electrons. The van der Waals surface area contributed by atoms with Gasteiger partial charge in [-0.05, 0) is 17.7 Å². The number of amides is 1. The number of benzene rings is 1. The number of nitrogens with one attached hydrogen (secondary N) is 1. The Labute approximate surface area is 99.9 Å². The van der Waals surface area contributed by atoms with Gasteiger partial charge in [0.1, 0.15) is 0 Å². The van der Waals surface area contributed by atoms with Crippen molar-refractivity contribution in [2.75, 3.05) is 25.1 Å². The Bertz CT molecular complexity index is 372. The topological polar surface area (TPSA) is 73.6 Å². The van der Waals surface area contributed by atoms with Crippen LogP contribution in [0.4, 0.5) is 5.69 Å². The van der Waals surface area contributed by atoms with E-state index in [1.807, 2.05) is 24.3 Å². The molecule has 1 aliphatic rings. The van der Waals surface area contributed by atoms with Crippen LogP contribution in [-0.2, 0) is 20.8 Å². The highest BCUT2D eigenvalue weighted by atomic mass is 16.6. The molecule has 5 nitrogen and oxygen atoms in total. The van der Waals surface area contributed by atoms with Gasteiger partial charge in [0, 0.05) is 12.2 Å². The SMILES string of the molecule is NCc1ccc(NC(=O)C2COCCO2)cc1. The Hall–Kier alpha value is -1.43. The first kappa shape index (κ1) is 12.0. The summed E-state index contributed by atoms with van der Waals surface area (Å²) in [6.07, 6.45) is -0.516. The van der Waals surface area contributed by atoms with Crippen molar-refractivity contribution in [2.45, 2.75) is 12.6 Å². The standard InChI is InChI=1S/C12H16N2O3/c13-7-9-1-3-10(4-2-9)14-12(15)11-8-16-5-6-17-11/h1-4,11H,5-8,13H2,(H,14,15). The van der Waals surface area contributed by atoms with Gasteiger partial charge in [0.05, 0.1) is 19.8 Å². The molecule has 0 aromatic heterocycles. The molecule has 5 heteroatoms. The van der Waals surface area contributed by atoms with Crippen molar-refractivity contribution < 1.29 is 14.3 Å². The highest BCUT2D eigenvalue weighted by Crippen LogP contribution is 2.11. The molecule has 1 saturated heterocycles. The minimum Gasteiger partial charge on any atom is -0.376 e. The fraction of sp³-hybridized carbons (Fsp3) is 0.417. The number of rotatable bonds is 3. The molecular formula is C12H16N2O3. The molecule has 0 saturated carbocycles. The molecule has 1 aromatic rings. The van der Waals surface area contributed by atoms with Crippen LogP contribution in [0.5, 0.6) is 0 Å². The lowest BCUT2D eigenvalue weighted by atomic mass is 10.2. The maximum atomic E-state index is 11.8. The van der Waals surface area contributed by atoms with Crippen molar-refractivity contribution in [3.05, 3.63) is 29.8 Å². The monoisotopic (exact) mass is 236 g/mol. The Kier molecular flexibility index (Phi) is 4.08. The zero-order chi connectivity index (χ0) is 12.1. The van der Waals surface area contributed by atoms with Gasteiger partial charge in [-0.15, -0.1) is 0 Å². The molecule has 1 unspecified atom stereocenters. The van der Waals surface area contributed by atoms with Crippen molar-refractivity contribution in [2.24, 2.45) is 5.73 Å². The number of hydrogen-bond acceptors (Lipinski definition) is 4. The normalized spacial score (nSPS) is 19.9. The minimum atomic E-state index is -0.516. The molecule has 1 atom stereocenters. The van der Waals surface area contributed by atoms with Crippen molar-refractivity contribution in [1.29, 1.82) is 0 Å². The maximum Gasteiger partial charge on any atom is 0.255 e. The third-order valence-corrected chi connectivity index (χ3v) is 2.57. The highest BCUT2D eigenvalue weighted by molar-refractivity contribution is 5.94. The Morgan fingerprint density at radius 1 is 1.35 bits per heavy atom. The van der Waals surface area contributed by atoms with Crippen LogP contribution in [0, 0.1) is 0 Å². The molecule has 1 aromatic carbocycles. The quantitative estimate of drug-likeness (QED) is 0.801. The summed E-state index contributed by atoms with van der Waals surface area (Å²) in [4.78, 5) is 11.8. The van der Waals surface area contributed by atoms with Crippen LogP contribution in [0.1, 0.15) is 5.56 Å². The van der Waals surface area contributed by atoms with Gasteiger partial charge in [0.2, 0.25) is 0 Å². The lowest BCUT2D eigenvalue weighted by molar-refractivity contribution is -0.142. The zero-order valence-corrected chi connectivity index (χ0v) is 9.52. The number of nitrogens with two attached hydrogens (primary N) is 1. The summed E-state index contributed by atoms with van der Waals surface area (Å²) < 4.78 is 10.5. The van der Waals surface area contributed by atoms with Crippen LogP contribution in [0.25, 0.3) is 0 Å². The van der Waals surface area contributed by atoms with Crippen molar-refractivity contribution in [1.82, 2.24) is 0 Å². The van der Waals surface area contributed by atoms with Crippen LogP contribution in [0.15, 0.2) is 24.3 Å². The minimum absolute atomic E-state index is 0.176. The molecule has 1 aliphatic heterocycles. The fourth-order valence-electron chi connectivity index (χ4n) is 1.59. The van der Waals surface area contributed by atoms with Gasteiger partial charge in [0.15, 0.2) is 6.10 Å². The molecular weight excluding hydrogens is 220 g/mol. The number of anilines is 1. The first-order valence-electron chi connectivity index (χ1n) is 5.59. The van der Waals surface area contributed by atoms with Crippen LogP contribution >= 0.6 is 0 Å². The molecule has 2 rings (SSSR count). The Balaban J connectivity index is 1.92. The van der Waals surface area contributed by atoms with Gasteiger partial charge >= 0.3 is 0 Å². The van der Waals surface area contributed by atoms with E-state index in [1.165, 1.54) is 0 Å². The second-order valence-corrected chi connectivity index (χ2v) is 3.82. The van der Waals surface area contributed by atoms with E-state index in [4.69, 9.17) is 15.2 Å². The summed E-state index contributed by atoms with van der Waals surface area (Å²) in [5, 5.41) is 2.78. The third-order valence-electron chi connectivity index (χ3n) is 2.57. The predicted molar refractivity (Wildman–Crippen MR) is 63.5 cm³/mol. The summed E-state index contributed by atoms with van der Waals surface area (Å²) in [6, 6.07) is 7.41. The van der Waals surface area contributed by atoms with Gasteiger partial charge in [0.25, 0.3) is 5.91 Å². The van der Waals surface area contributed by atoms with Gasteiger partial charge < -0.3 is 20.5 Å². The van der Waals surface area contributed by atoms with Crippen molar-refractivity contribution in [3.63, 3.8) is 0 Å². The van der Waals surface area contributed by atoms with Crippen LogP contribution in [0.2, 0.25) is 0 Å². The average molecular weight is 236 g/mol. The van der Waals surface area contributed by atoms with Gasteiger partial charge in [-0.1, -0.05) is 12.1 Å². The van der Waals surface area contributed by atoms with Crippen LogP contribution in [-0.4, -0.2) is 31.8 Å². The highest BCUT2D eigenvalue weighted by Gasteiger charge is 2.22. The summed E-state index contributed by atoms with van der Waals surface area (Å²) in [7, 11) is 0. The van der Waals surface area contributed by atoms with E-state index in [2.05, 4.69) is 5.32 Å². The Morgan fingerprint density at radius 2 is 2.12 bits per heavy atom. The third kappa shape index (κ3) is 3.26. The smallest absolute Gasteiger partial charge is 0.255 e. The molecule has 0 aliphatic carbocycles. The second-order valence-electron chi connectivity index (χ2n) is 3.82. The predicted octanol–water partition coefficient (Wildman–Crippen LogP) is 0.499. The molecule has 3 N–H and O–H groups in total.